The minimum atomic E-state index is -0.750. The molecule has 2 amide bonds. The van der Waals surface area contributed by atoms with Gasteiger partial charge in [-0.15, -0.1) is 0 Å². The van der Waals surface area contributed by atoms with Gasteiger partial charge in [-0.1, -0.05) is 29.4 Å². The average molecular weight is 464 g/mol. The second-order valence-electron chi connectivity index (χ2n) is 6.42. The summed E-state index contributed by atoms with van der Waals surface area (Å²) < 4.78 is 18.1. The molecule has 1 fully saturated rings. The SMILES string of the molecule is CCOC(=O)CN=C(Nc1ccc(F)cc1)S[C@H]1CC(=O)N(c2cccc(Cl)c2)C1=O. The predicted molar refractivity (Wildman–Crippen MR) is 119 cm³/mol. The third-order valence-electron chi connectivity index (χ3n) is 4.18. The van der Waals surface area contributed by atoms with Crippen LogP contribution in [0.3, 0.4) is 0 Å². The zero-order valence-electron chi connectivity index (χ0n) is 16.5. The molecule has 0 unspecified atom stereocenters. The second-order valence-corrected chi connectivity index (χ2v) is 8.04. The maximum atomic E-state index is 13.2. The fourth-order valence-electron chi connectivity index (χ4n) is 2.82. The first-order valence-corrected chi connectivity index (χ1v) is 10.6. The van der Waals surface area contributed by atoms with Crippen LogP contribution in [0.2, 0.25) is 5.02 Å². The van der Waals surface area contributed by atoms with Gasteiger partial charge in [0.1, 0.15) is 17.6 Å². The van der Waals surface area contributed by atoms with Crippen LogP contribution in [0.1, 0.15) is 13.3 Å². The van der Waals surface area contributed by atoms with E-state index >= 15 is 0 Å². The van der Waals surface area contributed by atoms with Crippen LogP contribution in [-0.2, 0) is 19.1 Å². The highest BCUT2D eigenvalue weighted by atomic mass is 35.5. The van der Waals surface area contributed by atoms with Gasteiger partial charge >= 0.3 is 5.97 Å². The summed E-state index contributed by atoms with van der Waals surface area (Å²) in [7, 11) is 0. The predicted octanol–water partition coefficient (Wildman–Crippen LogP) is 3.88. The highest BCUT2D eigenvalue weighted by molar-refractivity contribution is 8.15. The Morgan fingerprint density at radius 2 is 2.03 bits per heavy atom. The molecule has 31 heavy (non-hydrogen) atoms. The molecule has 0 saturated carbocycles. The van der Waals surface area contributed by atoms with Crippen LogP contribution in [0.25, 0.3) is 0 Å². The van der Waals surface area contributed by atoms with E-state index in [4.69, 9.17) is 16.3 Å². The highest BCUT2D eigenvalue weighted by Gasteiger charge is 2.41. The molecular formula is C21H19ClFN3O4S. The van der Waals surface area contributed by atoms with E-state index in [1.807, 2.05) is 0 Å². The van der Waals surface area contributed by atoms with Crippen LogP contribution >= 0.6 is 23.4 Å². The number of hydrogen-bond donors (Lipinski definition) is 1. The molecule has 1 saturated heterocycles. The average Bonchev–Trinajstić information content (AvgIpc) is 3.01. The summed E-state index contributed by atoms with van der Waals surface area (Å²) >= 11 is 7.00. The fraction of sp³-hybridized carbons (Fsp3) is 0.238. The quantitative estimate of drug-likeness (QED) is 0.303. The molecule has 3 rings (SSSR count). The first kappa shape index (κ1) is 22.8. The molecule has 2 aromatic carbocycles. The van der Waals surface area contributed by atoms with Crippen LogP contribution in [0.15, 0.2) is 53.5 Å². The number of amides is 2. The number of rotatable bonds is 6. The maximum absolute atomic E-state index is 13.2. The van der Waals surface area contributed by atoms with E-state index in [1.165, 1.54) is 30.3 Å². The summed E-state index contributed by atoms with van der Waals surface area (Å²) in [6, 6.07) is 12.0. The van der Waals surface area contributed by atoms with Gasteiger partial charge in [0, 0.05) is 17.1 Å². The number of benzene rings is 2. The number of imide groups is 1. The van der Waals surface area contributed by atoms with Gasteiger partial charge in [0.25, 0.3) is 0 Å². The van der Waals surface area contributed by atoms with Crippen molar-refractivity contribution in [1.29, 1.82) is 0 Å². The Kier molecular flexibility index (Phi) is 7.64. The lowest BCUT2D eigenvalue weighted by atomic mass is 10.3. The standard InChI is InChI=1S/C21H19ClFN3O4S/c1-2-30-19(28)12-24-21(25-15-8-6-14(23)7-9-15)31-17-11-18(27)26(20(17)29)16-5-3-4-13(22)10-16/h3-10,17H,2,11-12H2,1H3,(H,24,25)/t17-/m0/s1. The number of anilines is 2. The van der Waals surface area contributed by atoms with Crippen molar-refractivity contribution in [2.75, 3.05) is 23.4 Å². The van der Waals surface area contributed by atoms with Crippen LogP contribution in [0.4, 0.5) is 15.8 Å². The third kappa shape index (κ3) is 6.05. The minimum Gasteiger partial charge on any atom is -0.465 e. The first-order valence-electron chi connectivity index (χ1n) is 9.39. The zero-order chi connectivity index (χ0) is 22.4. The molecule has 162 valence electrons. The summed E-state index contributed by atoms with van der Waals surface area (Å²) in [5.74, 6) is -1.72. The summed E-state index contributed by atoms with van der Waals surface area (Å²) in [6.07, 6.45) is -0.0421. The smallest absolute Gasteiger partial charge is 0.327 e. The molecule has 2 aromatic rings. The van der Waals surface area contributed by atoms with E-state index in [0.717, 1.165) is 16.7 Å². The van der Waals surface area contributed by atoms with Gasteiger partial charge in [-0.2, -0.15) is 0 Å². The molecular weight excluding hydrogens is 445 g/mol. The van der Waals surface area contributed by atoms with Crippen molar-refractivity contribution in [3.63, 3.8) is 0 Å². The van der Waals surface area contributed by atoms with Gasteiger partial charge in [0.05, 0.1) is 12.3 Å². The van der Waals surface area contributed by atoms with E-state index in [1.54, 1.807) is 25.1 Å². The number of nitrogens with one attached hydrogen (secondary N) is 1. The van der Waals surface area contributed by atoms with Gasteiger partial charge in [-0.3, -0.25) is 19.4 Å². The molecule has 1 heterocycles. The van der Waals surface area contributed by atoms with E-state index < -0.39 is 22.9 Å². The van der Waals surface area contributed by atoms with Crippen molar-refractivity contribution in [2.24, 2.45) is 4.99 Å². The Labute approximate surface area is 187 Å². The number of hydrogen-bond acceptors (Lipinski definition) is 6. The van der Waals surface area contributed by atoms with Crippen LogP contribution in [0, 0.1) is 5.82 Å². The third-order valence-corrected chi connectivity index (χ3v) is 5.52. The van der Waals surface area contributed by atoms with Crippen molar-refractivity contribution in [3.8, 4) is 0 Å². The van der Waals surface area contributed by atoms with E-state index in [9.17, 15) is 18.8 Å². The number of nitrogens with zero attached hydrogens (tertiary/aromatic N) is 2. The number of amidine groups is 1. The number of thioether (sulfide) groups is 1. The Hall–Kier alpha value is -2.91. The van der Waals surface area contributed by atoms with Crippen molar-refractivity contribution in [3.05, 3.63) is 59.4 Å². The summed E-state index contributed by atoms with van der Waals surface area (Å²) in [5, 5.41) is 2.86. The number of aliphatic imine (C=N–C) groups is 1. The number of ether oxygens (including phenoxy) is 1. The Morgan fingerprint density at radius 3 is 2.71 bits per heavy atom. The normalized spacial score (nSPS) is 16.5. The Bertz CT molecular complexity index is 1020. The number of carbonyl (C=O) groups is 3. The first-order chi connectivity index (χ1) is 14.9. The molecule has 1 N–H and O–H groups in total. The number of halogens is 2. The largest absolute Gasteiger partial charge is 0.465 e. The van der Waals surface area contributed by atoms with Crippen LogP contribution in [0.5, 0.6) is 0 Å². The highest BCUT2D eigenvalue weighted by Crippen LogP contribution is 2.31. The lowest BCUT2D eigenvalue weighted by Crippen LogP contribution is -2.31. The lowest BCUT2D eigenvalue weighted by molar-refractivity contribution is -0.141. The molecule has 0 spiro atoms. The van der Waals surface area contributed by atoms with Crippen LogP contribution in [-0.4, -0.2) is 41.4 Å². The summed E-state index contributed by atoms with van der Waals surface area (Å²) in [6.45, 7) is 1.63. The number of carbonyl (C=O) groups excluding carboxylic acids is 3. The van der Waals surface area contributed by atoms with Gasteiger partial charge in [-0.05, 0) is 49.4 Å². The summed E-state index contributed by atoms with van der Waals surface area (Å²) in [5.41, 5.74) is 0.905. The molecule has 1 aliphatic rings. The molecule has 1 atom stereocenters. The number of esters is 1. The van der Waals surface area contributed by atoms with E-state index in [-0.39, 0.29) is 30.6 Å². The summed E-state index contributed by atoms with van der Waals surface area (Å²) in [4.78, 5) is 42.4. The van der Waals surface area contributed by atoms with Gasteiger partial charge in [0.15, 0.2) is 5.17 Å². The Morgan fingerprint density at radius 1 is 1.29 bits per heavy atom. The van der Waals surface area contributed by atoms with Gasteiger partial charge in [0.2, 0.25) is 11.8 Å². The lowest BCUT2D eigenvalue weighted by Gasteiger charge is -2.16. The van der Waals surface area contributed by atoms with Gasteiger partial charge in [-0.25, -0.2) is 9.29 Å². The second kappa shape index (κ2) is 10.4. The monoisotopic (exact) mass is 463 g/mol. The topological polar surface area (TPSA) is 88.1 Å². The molecule has 1 aliphatic heterocycles. The molecule has 0 radical (unpaired) electrons. The van der Waals surface area contributed by atoms with E-state index in [0.29, 0.717) is 16.4 Å². The van der Waals surface area contributed by atoms with Crippen molar-refractivity contribution >= 4 is 57.7 Å². The van der Waals surface area contributed by atoms with Crippen molar-refractivity contribution in [2.45, 2.75) is 18.6 Å². The molecule has 0 aliphatic carbocycles. The maximum Gasteiger partial charge on any atom is 0.327 e. The molecule has 0 bridgehead atoms. The molecule has 7 nitrogen and oxygen atoms in total. The van der Waals surface area contributed by atoms with Gasteiger partial charge < -0.3 is 10.1 Å². The van der Waals surface area contributed by atoms with Crippen molar-refractivity contribution < 1.29 is 23.5 Å². The molecule has 0 aromatic heterocycles. The zero-order valence-corrected chi connectivity index (χ0v) is 18.1. The Balaban J connectivity index is 1.78. The van der Waals surface area contributed by atoms with Crippen LogP contribution < -0.4 is 10.2 Å². The van der Waals surface area contributed by atoms with E-state index in [2.05, 4.69) is 10.3 Å². The van der Waals surface area contributed by atoms with Crippen molar-refractivity contribution in [1.82, 2.24) is 0 Å². The molecule has 10 heteroatoms. The fourth-order valence-corrected chi connectivity index (χ4v) is 4.03. The minimum absolute atomic E-state index is 0.0421.